The van der Waals surface area contributed by atoms with Crippen LogP contribution in [0.5, 0.6) is 5.75 Å². The molecule has 29 heavy (non-hydrogen) atoms. The highest BCUT2D eigenvalue weighted by molar-refractivity contribution is 5.96. The molecule has 0 radical (unpaired) electrons. The summed E-state index contributed by atoms with van der Waals surface area (Å²) in [5, 5.41) is 0. The van der Waals surface area contributed by atoms with Gasteiger partial charge in [0.1, 0.15) is 12.3 Å². The lowest BCUT2D eigenvalue weighted by molar-refractivity contribution is -0.133. The number of benzene rings is 1. The van der Waals surface area contributed by atoms with E-state index in [2.05, 4.69) is 13.8 Å². The van der Waals surface area contributed by atoms with Crippen LogP contribution in [0.1, 0.15) is 43.7 Å². The average Bonchev–Trinajstić information content (AvgIpc) is 3.09. The molecule has 0 fully saturated rings. The Labute approximate surface area is 174 Å². The fraction of sp³-hybridized carbons (Fsp3) is 0.478. The first-order valence-electron chi connectivity index (χ1n) is 10.1. The molecule has 158 valence electrons. The summed E-state index contributed by atoms with van der Waals surface area (Å²) in [5.41, 5.74) is 1.61. The molecular weight excluding hydrogens is 366 g/mol. The van der Waals surface area contributed by atoms with Gasteiger partial charge in [-0.05, 0) is 56.2 Å². The monoisotopic (exact) mass is 399 g/mol. The van der Waals surface area contributed by atoms with E-state index < -0.39 is 0 Å². The Morgan fingerprint density at radius 2 is 1.72 bits per heavy atom. The lowest BCUT2D eigenvalue weighted by Gasteiger charge is -2.31. The van der Waals surface area contributed by atoms with E-state index in [4.69, 9.17) is 4.74 Å². The van der Waals surface area contributed by atoms with Crippen molar-refractivity contribution in [2.75, 3.05) is 20.2 Å². The minimum absolute atomic E-state index is 0.0459. The molecule has 0 spiro atoms. The second-order valence-corrected chi connectivity index (χ2v) is 8.03. The molecule has 0 saturated heterocycles. The number of carbonyl (C=O) groups excluding carboxylic acids is 2. The van der Waals surface area contributed by atoms with Crippen molar-refractivity contribution in [1.82, 2.24) is 14.4 Å². The first-order chi connectivity index (χ1) is 13.7. The van der Waals surface area contributed by atoms with Gasteiger partial charge >= 0.3 is 0 Å². The molecule has 0 aliphatic carbocycles. The number of ether oxygens (including phenoxy) is 1. The van der Waals surface area contributed by atoms with Gasteiger partial charge in [0.05, 0.1) is 13.7 Å². The van der Waals surface area contributed by atoms with Crippen LogP contribution in [0.4, 0.5) is 0 Å². The largest absolute Gasteiger partial charge is 0.497 e. The molecular formula is C23H33N3O3. The van der Waals surface area contributed by atoms with Crippen LogP contribution in [0.2, 0.25) is 0 Å². The highest BCUT2D eigenvalue weighted by Gasteiger charge is 2.25. The van der Waals surface area contributed by atoms with Crippen LogP contribution >= 0.6 is 0 Å². The summed E-state index contributed by atoms with van der Waals surface area (Å²) in [6, 6.07) is 10.9. The van der Waals surface area contributed by atoms with Gasteiger partial charge in [0.25, 0.3) is 5.91 Å². The summed E-state index contributed by atoms with van der Waals surface area (Å²) in [5.74, 6) is 0.832. The quantitative estimate of drug-likeness (QED) is 0.648. The van der Waals surface area contributed by atoms with Gasteiger partial charge in [-0.3, -0.25) is 9.59 Å². The van der Waals surface area contributed by atoms with Crippen molar-refractivity contribution in [1.29, 1.82) is 0 Å². The molecule has 6 nitrogen and oxygen atoms in total. The Hall–Kier alpha value is -2.76. The third-order valence-corrected chi connectivity index (χ3v) is 4.87. The van der Waals surface area contributed by atoms with Crippen LogP contribution in [0.3, 0.4) is 0 Å². The van der Waals surface area contributed by atoms with Gasteiger partial charge in [0.15, 0.2) is 0 Å². The van der Waals surface area contributed by atoms with Crippen molar-refractivity contribution in [3.63, 3.8) is 0 Å². The number of methoxy groups -OCH3 is 1. The molecule has 0 N–H and O–H groups in total. The van der Waals surface area contributed by atoms with E-state index >= 15 is 0 Å². The molecule has 0 aliphatic heterocycles. The van der Waals surface area contributed by atoms with E-state index in [1.54, 1.807) is 36.3 Å². The van der Waals surface area contributed by atoms with E-state index in [0.29, 0.717) is 30.3 Å². The molecule has 0 bridgehead atoms. The number of rotatable bonds is 9. The maximum atomic E-state index is 13.2. The van der Waals surface area contributed by atoms with E-state index in [-0.39, 0.29) is 24.4 Å². The molecule has 0 atom stereocenters. The molecule has 2 amide bonds. The molecule has 6 heteroatoms. The van der Waals surface area contributed by atoms with E-state index in [1.807, 2.05) is 48.7 Å². The lowest BCUT2D eigenvalue weighted by atomic mass is 10.1. The fourth-order valence-corrected chi connectivity index (χ4v) is 3.19. The van der Waals surface area contributed by atoms with Gasteiger partial charge in [-0.25, -0.2) is 0 Å². The Kier molecular flexibility index (Phi) is 7.88. The Morgan fingerprint density at radius 1 is 1.07 bits per heavy atom. The van der Waals surface area contributed by atoms with Crippen LogP contribution in [-0.4, -0.2) is 52.4 Å². The number of hydrogen-bond donors (Lipinski definition) is 0. The van der Waals surface area contributed by atoms with Crippen LogP contribution < -0.4 is 4.74 Å². The summed E-state index contributed by atoms with van der Waals surface area (Å²) in [6.45, 7) is 9.27. The predicted molar refractivity (Wildman–Crippen MR) is 115 cm³/mol. The standard InChI is InChI=1S/C23H33N3O3/c1-17(2)14-25(15-20-8-7-13-24(20)5)22(27)16-26(18(3)4)23(28)19-9-11-21(29-6)12-10-19/h7-13,17-18H,14-16H2,1-6H3. The SMILES string of the molecule is COc1ccc(C(=O)N(CC(=O)N(Cc2cccn2C)CC(C)C)C(C)C)cc1. The third kappa shape index (κ3) is 6.11. The summed E-state index contributed by atoms with van der Waals surface area (Å²) < 4.78 is 7.18. The van der Waals surface area contributed by atoms with Crippen molar-refractivity contribution in [3.05, 3.63) is 53.9 Å². The van der Waals surface area contributed by atoms with Gasteiger partial charge in [-0.1, -0.05) is 13.8 Å². The minimum atomic E-state index is -0.153. The Morgan fingerprint density at radius 3 is 2.21 bits per heavy atom. The van der Waals surface area contributed by atoms with Crippen molar-refractivity contribution >= 4 is 11.8 Å². The molecule has 2 rings (SSSR count). The summed E-state index contributed by atoms with van der Waals surface area (Å²) in [7, 11) is 3.56. The number of aromatic nitrogens is 1. The van der Waals surface area contributed by atoms with E-state index in [9.17, 15) is 9.59 Å². The molecule has 2 aromatic rings. The Bertz CT molecular complexity index is 809. The van der Waals surface area contributed by atoms with Crippen LogP contribution in [-0.2, 0) is 18.4 Å². The predicted octanol–water partition coefficient (Wildman–Crippen LogP) is 3.57. The average molecular weight is 400 g/mol. The molecule has 0 aliphatic rings. The third-order valence-electron chi connectivity index (χ3n) is 4.87. The number of aryl methyl sites for hydroxylation is 1. The molecule has 0 saturated carbocycles. The van der Waals surface area contributed by atoms with Crippen molar-refractivity contribution in [2.45, 2.75) is 40.3 Å². The van der Waals surface area contributed by atoms with E-state index in [0.717, 1.165) is 5.69 Å². The number of nitrogens with zero attached hydrogens (tertiary/aromatic N) is 3. The van der Waals surface area contributed by atoms with Crippen molar-refractivity contribution in [2.24, 2.45) is 13.0 Å². The zero-order valence-electron chi connectivity index (χ0n) is 18.4. The van der Waals surface area contributed by atoms with Gasteiger partial charge in [0, 0.05) is 37.1 Å². The van der Waals surface area contributed by atoms with Gasteiger partial charge in [-0.2, -0.15) is 0 Å². The molecule has 1 heterocycles. The summed E-state index contributed by atoms with van der Waals surface area (Å²) in [4.78, 5) is 29.7. The van der Waals surface area contributed by atoms with Crippen LogP contribution in [0.25, 0.3) is 0 Å². The van der Waals surface area contributed by atoms with Crippen molar-refractivity contribution in [3.8, 4) is 5.75 Å². The number of carbonyl (C=O) groups is 2. The van der Waals surface area contributed by atoms with E-state index in [1.165, 1.54) is 0 Å². The Balaban J connectivity index is 2.17. The van der Waals surface area contributed by atoms with Crippen molar-refractivity contribution < 1.29 is 14.3 Å². The van der Waals surface area contributed by atoms with Gasteiger partial charge < -0.3 is 19.1 Å². The molecule has 0 unspecified atom stereocenters. The maximum absolute atomic E-state index is 13.2. The topological polar surface area (TPSA) is 54.8 Å². The van der Waals surface area contributed by atoms with Crippen LogP contribution in [0.15, 0.2) is 42.6 Å². The minimum Gasteiger partial charge on any atom is -0.497 e. The fourth-order valence-electron chi connectivity index (χ4n) is 3.19. The normalized spacial score (nSPS) is 11.0. The van der Waals surface area contributed by atoms with Gasteiger partial charge in [0.2, 0.25) is 5.91 Å². The highest BCUT2D eigenvalue weighted by Crippen LogP contribution is 2.16. The summed E-state index contributed by atoms with van der Waals surface area (Å²) >= 11 is 0. The number of amides is 2. The highest BCUT2D eigenvalue weighted by atomic mass is 16.5. The molecule has 1 aromatic heterocycles. The zero-order valence-corrected chi connectivity index (χ0v) is 18.4. The summed E-state index contributed by atoms with van der Waals surface area (Å²) in [6.07, 6.45) is 1.97. The molecule has 1 aromatic carbocycles. The maximum Gasteiger partial charge on any atom is 0.254 e. The smallest absolute Gasteiger partial charge is 0.254 e. The first-order valence-corrected chi connectivity index (χ1v) is 10.1. The first kappa shape index (κ1) is 22.5. The van der Waals surface area contributed by atoms with Gasteiger partial charge in [-0.15, -0.1) is 0 Å². The van der Waals surface area contributed by atoms with Crippen LogP contribution in [0, 0.1) is 5.92 Å². The zero-order chi connectivity index (χ0) is 21.6. The number of hydrogen-bond acceptors (Lipinski definition) is 3. The second-order valence-electron chi connectivity index (χ2n) is 8.03. The second kappa shape index (κ2) is 10.1. The lowest BCUT2D eigenvalue weighted by Crippen LogP contribution is -2.46.